The average Bonchev–Trinajstić information content (AvgIpc) is 3.55. The van der Waals surface area contributed by atoms with Crippen LogP contribution in [0, 0.1) is 11.9 Å². The van der Waals surface area contributed by atoms with Crippen LogP contribution < -0.4 is 15.8 Å². The molecule has 3 heterocycles. The van der Waals surface area contributed by atoms with Crippen LogP contribution in [0.4, 0.5) is 32.0 Å². The van der Waals surface area contributed by atoms with E-state index in [0.717, 1.165) is 30.4 Å². The van der Waals surface area contributed by atoms with E-state index < -0.39 is 53.7 Å². The zero-order valence-electron chi connectivity index (χ0n) is 17.9. The molecule has 2 aliphatic rings. The van der Waals surface area contributed by atoms with E-state index in [-0.39, 0.29) is 28.0 Å². The molecule has 1 aliphatic heterocycles. The highest BCUT2D eigenvalue weighted by Gasteiger charge is 2.67. The van der Waals surface area contributed by atoms with E-state index in [0.29, 0.717) is 6.42 Å². The van der Waals surface area contributed by atoms with Crippen LogP contribution in [-0.4, -0.2) is 56.4 Å². The lowest BCUT2D eigenvalue weighted by molar-refractivity contribution is -0.148. The number of aromatic nitrogens is 3. The van der Waals surface area contributed by atoms with E-state index in [2.05, 4.69) is 30.0 Å². The Bertz CT molecular complexity index is 1170. The number of aliphatic imine (C=N–C) groups is 1. The van der Waals surface area contributed by atoms with Crippen LogP contribution in [0.5, 0.6) is 5.88 Å². The highest BCUT2D eigenvalue weighted by Crippen LogP contribution is 2.66. The minimum Gasteiger partial charge on any atom is -0.470 e. The Labute approximate surface area is 198 Å². The number of nitrogens with one attached hydrogen (secondary N) is 1. The molecule has 0 radical (unpaired) electrons. The molecular weight excluding hydrogens is 502 g/mol. The molecule has 1 aliphatic carbocycles. The smallest absolute Gasteiger partial charge is 0.340 e. The predicted molar refractivity (Wildman–Crippen MR) is 114 cm³/mol. The first-order valence-electron chi connectivity index (χ1n) is 10.1. The number of amidine groups is 1. The normalized spacial score (nSPS) is 25.6. The van der Waals surface area contributed by atoms with Gasteiger partial charge in [-0.1, -0.05) is 11.8 Å². The van der Waals surface area contributed by atoms with E-state index in [9.17, 15) is 31.1 Å². The van der Waals surface area contributed by atoms with Crippen molar-refractivity contribution in [2.45, 2.75) is 36.0 Å². The molecule has 0 saturated heterocycles. The second-order valence-electron chi connectivity index (χ2n) is 8.26. The maximum Gasteiger partial charge on any atom is 0.340 e. The standard InChI is InChI=1S/C20H18F6N6O2S/c1-18(12-3-19(12,7-21)35-17(27)32-18)10-2-9(4-30-14(10)22)31-15(33)11-5-29-13(6-28-11)34-8-20(25,26)16(23)24/h2,4-6,12,16H,3,7-8H2,1H3,(H2,27,32)(H,31,33)/t12?,18-,19-/m1/s1. The van der Waals surface area contributed by atoms with Gasteiger partial charge in [0, 0.05) is 11.5 Å². The minimum absolute atomic E-state index is 0.0219. The fourth-order valence-electron chi connectivity index (χ4n) is 3.88. The molecule has 4 rings (SSSR count). The highest BCUT2D eigenvalue weighted by atomic mass is 32.2. The Morgan fingerprint density at radius 1 is 1.31 bits per heavy atom. The Balaban J connectivity index is 1.48. The number of nitrogens with two attached hydrogens (primary N) is 1. The largest absolute Gasteiger partial charge is 0.470 e. The Morgan fingerprint density at radius 2 is 2.06 bits per heavy atom. The topological polar surface area (TPSA) is 115 Å². The SMILES string of the molecule is C[C@]1(c2cc(NC(=O)c3cnc(OCC(F)(F)C(F)F)cn3)cnc2F)N=C(N)S[C@@]2(CF)CC21. The molecule has 1 fully saturated rings. The third-order valence-corrected chi connectivity index (χ3v) is 7.08. The van der Waals surface area contributed by atoms with Crippen molar-refractivity contribution in [1.29, 1.82) is 0 Å². The Hall–Kier alpha value is -3.10. The summed E-state index contributed by atoms with van der Waals surface area (Å²) in [5, 5.41) is 2.57. The van der Waals surface area contributed by atoms with Crippen molar-refractivity contribution in [3.05, 3.63) is 41.9 Å². The van der Waals surface area contributed by atoms with E-state index in [4.69, 9.17) is 5.73 Å². The van der Waals surface area contributed by atoms with Gasteiger partial charge in [0.15, 0.2) is 11.8 Å². The summed E-state index contributed by atoms with van der Waals surface area (Å²) in [7, 11) is 0. The third kappa shape index (κ3) is 4.73. The quantitative estimate of drug-likeness (QED) is 0.404. The monoisotopic (exact) mass is 520 g/mol. The van der Waals surface area contributed by atoms with Gasteiger partial charge in [-0.25, -0.2) is 28.1 Å². The summed E-state index contributed by atoms with van der Waals surface area (Å²) in [6.45, 7) is -0.656. The number of fused-ring (bicyclic) bond motifs is 1. The first-order chi connectivity index (χ1) is 16.4. The molecule has 3 N–H and O–H groups in total. The number of pyridine rings is 1. The number of amides is 1. The maximum absolute atomic E-state index is 14.7. The van der Waals surface area contributed by atoms with Gasteiger partial charge in [0.2, 0.25) is 11.8 Å². The van der Waals surface area contributed by atoms with Crippen molar-refractivity contribution >= 4 is 28.5 Å². The number of rotatable bonds is 8. The lowest BCUT2D eigenvalue weighted by Crippen LogP contribution is -2.37. The Morgan fingerprint density at radius 3 is 2.69 bits per heavy atom. The number of ether oxygens (including phenoxy) is 1. The first-order valence-corrected chi connectivity index (χ1v) is 10.9. The van der Waals surface area contributed by atoms with E-state index in [1.54, 1.807) is 6.92 Å². The molecule has 15 heteroatoms. The van der Waals surface area contributed by atoms with Gasteiger partial charge in [-0.15, -0.1) is 0 Å². The van der Waals surface area contributed by atoms with Gasteiger partial charge in [-0.2, -0.15) is 13.2 Å². The lowest BCUT2D eigenvalue weighted by atomic mass is 9.86. The fourth-order valence-corrected chi connectivity index (χ4v) is 5.21. The van der Waals surface area contributed by atoms with Crippen LogP contribution >= 0.6 is 11.8 Å². The minimum atomic E-state index is -4.38. The van der Waals surface area contributed by atoms with Gasteiger partial charge in [-0.3, -0.25) is 9.79 Å². The molecule has 3 atom stereocenters. The number of hydrogen-bond acceptors (Lipinski definition) is 8. The van der Waals surface area contributed by atoms with Crippen molar-refractivity contribution in [1.82, 2.24) is 15.0 Å². The van der Waals surface area contributed by atoms with Gasteiger partial charge >= 0.3 is 12.3 Å². The molecule has 0 aromatic carbocycles. The zero-order valence-corrected chi connectivity index (χ0v) is 18.8. The second-order valence-corrected chi connectivity index (χ2v) is 9.70. The van der Waals surface area contributed by atoms with Gasteiger partial charge in [0.25, 0.3) is 5.91 Å². The summed E-state index contributed by atoms with van der Waals surface area (Å²) in [6, 6.07) is 1.31. The van der Waals surface area contributed by atoms with E-state index in [1.165, 1.54) is 6.07 Å². The number of carbonyl (C=O) groups excluding carboxylic acids is 1. The predicted octanol–water partition coefficient (Wildman–Crippen LogP) is 3.55. The third-order valence-electron chi connectivity index (χ3n) is 5.81. The van der Waals surface area contributed by atoms with Crippen LogP contribution in [0.15, 0.2) is 29.6 Å². The van der Waals surface area contributed by atoms with Crippen LogP contribution in [0.25, 0.3) is 0 Å². The summed E-state index contributed by atoms with van der Waals surface area (Å²) in [6.07, 6.45) is -0.727. The highest BCUT2D eigenvalue weighted by molar-refractivity contribution is 8.15. The zero-order chi connectivity index (χ0) is 25.6. The molecule has 2 aromatic rings. The van der Waals surface area contributed by atoms with Crippen LogP contribution in [0.2, 0.25) is 0 Å². The molecule has 1 saturated carbocycles. The molecule has 35 heavy (non-hydrogen) atoms. The number of carbonyl (C=O) groups is 1. The number of thioether (sulfide) groups is 1. The number of hydrogen-bond donors (Lipinski definition) is 2. The van der Waals surface area contributed by atoms with Gasteiger partial charge in [0.05, 0.1) is 34.6 Å². The van der Waals surface area contributed by atoms with Crippen molar-refractivity contribution in [3.8, 4) is 5.88 Å². The molecule has 1 unspecified atom stereocenters. The van der Waals surface area contributed by atoms with Crippen LogP contribution in [0.1, 0.15) is 29.4 Å². The van der Waals surface area contributed by atoms with Gasteiger partial charge < -0.3 is 15.8 Å². The number of nitrogens with zero attached hydrogens (tertiary/aromatic N) is 4. The fraction of sp³-hybridized carbons (Fsp3) is 0.450. The molecular formula is C20H18F6N6O2S. The second kappa shape index (κ2) is 8.84. The van der Waals surface area contributed by atoms with Crippen molar-refractivity contribution in [2.75, 3.05) is 18.6 Å². The van der Waals surface area contributed by atoms with Crippen molar-refractivity contribution < 1.29 is 35.9 Å². The maximum atomic E-state index is 14.7. The average molecular weight is 520 g/mol. The van der Waals surface area contributed by atoms with E-state index >= 15 is 0 Å². The van der Waals surface area contributed by atoms with Gasteiger partial charge in [0.1, 0.15) is 12.4 Å². The number of alkyl halides is 5. The molecule has 0 bridgehead atoms. The van der Waals surface area contributed by atoms with Gasteiger partial charge in [-0.05, 0) is 19.4 Å². The molecule has 1 amide bonds. The molecule has 2 aromatic heterocycles. The Kier molecular flexibility index (Phi) is 6.32. The van der Waals surface area contributed by atoms with Crippen molar-refractivity contribution in [3.63, 3.8) is 0 Å². The molecule has 8 nitrogen and oxygen atoms in total. The number of anilines is 1. The summed E-state index contributed by atoms with van der Waals surface area (Å²) in [5.41, 5.74) is 4.50. The first kappa shape index (κ1) is 25.0. The summed E-state index contributed by atoms with van der Waals surface area (Å²) < 4.78 is 82.3. The molecule has 0 spiro atoms. The van der Waals surface area contributed by atoms with Crippen LogP contribution in [-0.2, 0) is 5.54 Å². The number of halogens is 6. The molecule has 188 valence electrons. The summed E-state index contributed by atoms with van der Waals surface area (Å²) >= 11 is 1.12. The summed E-state index contributed by atoms with van der Waals surface area (Å²) in [4.78, 5) is 27.8. The summed E-state index contributed by atoms with van der Waals surface area (Å²) in [5.74, 6) is -6.85. The van der Waals surface area contributed by atoms with Crippen LogP contribution in [0.3, 0.4) is 0 Å². The van der Waals surface area contributed by atoms with Crippen molar-refractivity contribution in [2.24, 2.45) is 16.6 Å². The lowest BCUT2D eigenvalue weighted by Gasteiger charge is -2.33. The van der Waals surface area contributed by atoms with E-state index in [1.807, 2.05) is 0 Å².